The van der Waals surface area contributed by atoms with Crippen molar-refractivity contribution >= 4 is 21.5 Å². The summed E-state index contributed by atoms with van der Waals surface area (Å²) in [5, 5.41) is 5.22. The van der Waals surface area contributed by atoms with Crippen LogP contribution in [0.3, 0.4) is 0 Å². The fourth-order valence-corrected chi connectivity index (χ4v) is 3.63. The number of unbranched alkanes of at least 4 members (excludes halogenated alkanes) is 1. The molecule has 0 nitrogen and oxygen atoms in total. The minimum atomic E-state index is 1.05. The fraction of sp³-hybridized carbons (Fsp3) is 0.154. The molecule has 0 aliphatic carbocycles. The maximum atomic E-state index is 3.48. The Labute approximate surface area is 155 Å². The summed E-state index contributed by atoms with van der Waals surface area (Å²) in [5.41, 5.74) is 3.65. The van der Waals surface area contributed by atoms with Crippen LogP contribution < -0.4 is 0 Å². The highest BCUT2D eigenvalue weighted by Gasteiger charge is 2.11. The third kappa shape index (κ3) is 3.09. The Morgan fingerprint density at radius 3 is 1.73 bits per heavy atom. The van der Waals surface area contributed by atoms with Crippen molar-refractivity contribution < 1.29 is 0 Å². The normalized spacial score (nSPS) is 10.7. The van der Waals surface area contributed by atoms with Crippen LogP contribution in [0.4, 0.5) is 0 Å². The Hall–Kier alpha value is -3.04. The Morgan fingerprint density at radius 1 is 0.615 bits per heavy atom. The van der Waals surface area contributed by atoms with Gasteiger partial charge in [0.1, 0.15) is 0 Å². The Bertz CT molecular complexity index is 1050. The summed E-state index contributed by atoms with van der Waals surface area (Å²) in [6.07, 6.45) is 3.53. The Balaban J connectivity index is 2.01. The molecule has 0 atom stereocenters. The quantitative estimate of drug-likeness (QED) is 0.288. The SMILES string of the molecule is CCCCc1c2ccccc2c(C#Cc2ccccc2)c2ccccc12. The zero-order valence-corrected chi connectivity index (χ0v) is 15.1. The lowest BCUT2D eigenvalue weighted by Gasteiger charge is -2.14. The highest BCUT2D eigenvalue weighted by atomic mass is 14.1. The van der Waals surface area contributed by atoms with Crippen LogP contribution in [0.25, 0.3) is 21.5 Å². The second kappa shape index (κ2) is 7.46. The van der Waals surface area contributed by atoms with Crippen molar-refractivity contribution in [2.75, 3.05) is 0 Å². The van der Waals surface area contributed by atoms with Gasteiger partial charge in [-0.15, -0.1) is 0 Å². The van der Waals surface area contributed by atoms with E-state index in [9.17, 15) is 0 Å². The molecule has 0 heterocycles. The number of hydrogen-bond acceptors (Lipinski definition) is 0. The number of hydrogen-bond donors (Lipinski definition) is 0. The molecule has 0 saturated heterocycles. The second-order valence-corrected chi connectivity index (χ2v) is 6.66. The molecule has 0 spiro atoms. The highest BCUT2D eigenvalue weighted by molar-refractivity contribution is 6.07. The molecule has 0 radical (unpaired) electrons. The van der Waals surface area contributed by atoms with Crippen LogP contribution in [0, 0.1) is 11.8 Å². The van der Waals surface area contributed by atoms with E-state index in [2.05, 4.69) is 79.4 Å². The van der Waals surface area contributed by atoms with Crippen LogP contribution in [0.1, 0.15) is 36.5 Å². The van der Waals surface area contributed by atoms with Crippen LogP contribution in [-0.2, 0) is 6.42 Å². The first-order valence-corrected chi connectivity index (χ1v) is 9.38. The molecule has 0 N–H and O–H groups in total. The highest BCUT2D eigenvalue weighted by Crippen LogP contribution is 2.33. The van der Waals surface area contributed by atoms with Gasteiger partial charge >= 0.3 is 0 Å². The van der Waals surface area contributed by atoms with Gasteiger partial charge in [-0.2, -0.15) is 0 Å². The average molecular weight is 334 g/mol. The lowest BCUT2D eigenvalue weighted by molar-refractivity contribution is 0.802. The first-order chi connectivity index (χ1) is 12.9. The first kappa shape index (κ1) is 16.4. The predicted molar refractivity (Wildman–Crippen MR) is 112 cm³/mol. The first-order valence-electron chi connectivity index (χ1n) is 9.38. The molecule has 0 aliphatic heterocycles. The molecule has 4 aromatic carbocycles. The van der Waals surface area contributed by atoms with E-state index in [0.29, 0.717) is 0 Å². The topological polar surface area (TPSA) is 0 Å². The van der Waals surface area contributed by atoms with Crippen molar-refractivity contribution in [1.82, 2.24) is 0 Å². The molecule has 0 aliphatic rings. The molecule has 0 unspecified atom stereocenters. The molecule has 126 valence electrons. The molecule has 0 saturated carbocycles. The van der Waals surface area contributed by atoms with Gasteiger partial charge in [-0.1, -0.05) is 91.9 Å². The fourth-order valence-electron chi connectivity index (χ4n) is 3.63. The van der Waals surface area contributed by atoms with Crippen molar-refractivity contribution in [1.29, 1.82) is 0 Å². The van der Waals surface area contributed by atoms with E-state index in [4.69, 9.17) is 0 Å². The number of rotatable bonds is 3. The third-order valence-electron chi connectivity index (χ3n) is 4.93. The summed E-state index contributed by atoms with van der Waals surface area (Å²) in [6, 6.07) is 27.7. The van der Waals surface area contributed by atoms with Crippen LogP contribution in [0.15, 0.2) is 78.9 Å². The average Bonchev–Trinajstić information content (AvgIpc) is 2.71. The van der Waals surface area contributed by atoms with Crippen LogP contribution >= 0.6 is 0 Å². The maximum Gasteiger partial charge on any atom is 0.0406 e. The van der Waals surface area contributed by atoms with E-state index >= 15 is 0 Å². The molecular weight excluding hydrogens is 312 g/mol. The van der Waals surface area contributed by atoms with Gasteiger partial charge in [0.05, 0.1) is 0 Å². The minimum absolute atomic E-state index is 1.05. The number of fused-ring (bicyclic) bond motifs is 2. The van der Waals surface area contributed by atoms with Crippen LogP contribution in [0.2, 0.25) is 0 Å². The largest absolute Gasteiger partial charge is 0.0654 e. The molecule has 4 rings (SSSR count). The standard InChI is InChI=1S/C26H22/c1-2-3-13-21-22-14-7-9-16-24(22)26(25-17-10-8-15-23(21)25)19-18-20-11-5-4-6-12-20/h4-12,14-17H,2-3,13H2,1H3. The summed E-state index contributed by atoms with van der Waals surface area (Å²) in [6.45, 7) is 2.25. The monoisotopic (exact) mass is 334 g/mol. The molecule has 0 bridgehead atoms. The minimum Gasteiger partial charge on any atom is -0.0654 e. The Kier molecular flexibility index (Phi) is 4.71. The zero-order valence-electron chi connectivity index (χ0n) is 15.1. The van der Waals surface area contributed by atoms with Gasteiger partial charge < -0.3 is 0 Å². The van der Waals surface area contributed by atoms with Gasteiger partial charge in [-0.3, -0.25) is 0 Å². The van der Waals surface area contributed by atoms with Gasteiger partial charge in [0.15, 0.2) is 0 Å². The summed E-state index contributed by atoms with van der Waals surface area (Å²) in [7, 11) is 0. The van der Waals surface area contributed by atoms with Gasteiger partial charge in [0.2, 0.25) is 0 Å². The van der Waals surface area contributed by atoms with Crippen LogP contribution in [0.5, 0.6) is 0 Å². The summed E-state index contributed by atoms with van der Waals surface area (Å²) in [4.78, 5) is 0. The van der Waals surface area contributed by atoms with E-state index in [-0.39, 0.29) is 0 Å². The van der Waals surface area contributed by atoms with Gasteiger partial charge in [0, 0.05) is 11.1 Å². The van der Waals surface area contributed by atoms with Crippen molar-refractivity contribution in [3.8, 4) is 11.8 Å². The van der Waals surface area contributed by atoms with E-state index in [1.807, 2.05) is 18.2 Å². The molecule has 4 aromatic rings. The van der Waals surface area contributed by atoms with E-state index in [0.717, 1.165) is 17.5 Å². The molecule has 0 amide bonds. The van der Waals surface area contributed by atoms with Gasteiger partial charge in [-0.05, 0) is 52.1 Å². The molecule has 26 heavy (non-hydrogen) atoms. The van der Waals surface area contributed by atoms with Crippen molar-refractivity contribution in [2.24, 2.45) is 0 Å². The smallest absolute Gasteiger partial charge is 0.0406 e. The van der Waals surface area contributed by atoms with E-state index in [1.165, 1.54) is 39.9 Å². The van der Waals surface area contributed by atoms with Gasteiger partial charge in [0.25, 0.3) is 0 Å². The van der Waals surface area contributed by atoms with E-state index in [1.54, 1.807) is 0 Å². The van der Waals surface area contributed by atoms with Gasteiger partial charge in [-0.25, -0.2) is 0 Å². The molecule has 0 heteroatoms. The lowest BCUT2D eigenvalue weighted by Crippen LogP contribution is -1.94. The molecule has 0 aromatic heterocycles. The van der Waals surface area contributed by atoms with Crippen LogP contribution in [-0.4, -0.2) is 0 Å². The van der Waals surface area contributed by atoms with Crippen molar-refractivity contribution in [3.63, 3.8) is 0 Å². The predicted octanol–water partition coefficient (Wildman–Crippen LogP) is 6.74. The summed E-state index contributed by atoms with van der Waals surface area (Å²) in [5.74, 6) is 6.84. The lowest BCUT2D eigenvalue weighted by atomic mass is 9.89. The number of benzene rings is 4. The molecular formula is C26H22. The zero-order chi connectivity index (χ0) is 17.8. The third-order valence-corrected chi connectivity index (χ3v) is 4.93. The number of aryl methyl sites for hydroxylation is 1. The Morgan fingerprint density at radius 2 is 1.15 bits per heavy atom. The van der Waals surface area contributed by atoms with E-state index < -0.39 is 0 Å². The summed E-state index contributed by atoms with van der Waals surface area (Å²) >= 11 is 0. The summed E-state index contributed by atoms with van der Waals surface area (Å²) < 4.78 is 0. The van der Waals surface area contributed by atoms with Crippen molar-refractivity contribution in [3.05, 3.63) is 95.6 Å². The second-order valence-electron chi connectivity index (χ2n) is 6.66. The maximum absolute atomic E-state index is 3.48. The van der Waals surface area contributed by atoms with Crippen molar-refractivity contribution in [2.45, 2.75) is 26.2 Å². The molecule has 0 fully saturated rings.